The zero-order valence-electron chi connectivity index (χ0n) is 8.65. The normalized spacial score (nSPS) is 10.0. The molecule has 15 heavy (non-hydrogen) atoms. The number of hydrogen-bond donors (Lipinski definition) is 1. The van der Waals surface area contributed by atoms with E-state index in [0.29, 0.717) is 11.5 Å². The molecule has 0 amide bonds. The average Bonchev–Trinajstić information content (AvgIpc) is 2.81. The van der Waals surface area contributed by atoms with Crippen LogP contribution in [0.25, 0.3) is 11.3 Å². The number of methoxy groups -OCH3 is 2. The molecule has 0 fully saturated rings. The van der Waals surface area contributed by atoms with Gasteiger partial charge in [-0.15, -0.1) is 0 Å². The van der Waals surface area contributed by atoms with Gasteiger partial charge in [0.15, 0.2) is 11.5 Å². The van der Waals surface area contributed by atoms with Crippen molar-refractivity contribution in [3.8, 4) is 22.8 Å². The molecular weight excluding hydrogens is 192 g/mol. The summed E-state index contributed by atoms with van der Waals surface area (Å²) in [5.41, 5.74) is 1.85. The summed E-state index contributed by atoms with van der Waals surface area (Å²) in [5.74, 6) is 1.42. The summed E-state index contributed by atoms with van der Waals surface area (Å²) in [5, 5.41) is 0. The van der Waals surface area contributed by atoms with Gasteiger partial charge in [0.2, 0.25) is 0 Å². The van der Waals surface area contributed by atoms with Crippen LogP contribution in [0.4, 0.5) is 0 Å². The van der Waals surface area contributed by atoms with Crippen molar-refractivity contribution in [2.75, 3.05) is 14.2 Å². The summed E-state index contributed by atoms with van der Waals surface area (Å²) in [6, 6.07) is 5.73. The fourth-order valence-corrected chi connectivity index (χ4v) is 1.50. The summed E-state index contributed by atoms with van der Waals surface area (Å²) < 4.78 is 10.5. The molecular formula is C11H12N2O2. The fraction of sp³-hybridized carbons (Fsp3) is 0.182. The van der Waals surface area contributed by atoms with Gasteiger partial charge in [-0.25, -0.2) is 4.98 Å². The summed E-state index contributed by atoms with van der Waals surface area (Å²) in [6.07, 6.45) is 3.38. The molecule has 2 aromatic rings. The van der Waals surface area contributed by atoms with Gasteiger partial charge in [-0.2, -0.15) is 0 Å². The molecule has 0 atom stereocenters. The minimum absolute atomic E-state index is 0.712. The topological polar surface area (TPSA) is 47.1 Å². The van der Waals surface area contributed by atoms with Gasteiger partial charge in [0, 0.05) is 5.56 Å². The molecule has 0 aliphatic heterocycles. The Morgan fingerprint density at radius 3 is 2.67 bits per heavy atom. The second kappa shape index (κ2) is 4.04. The van der Waals surface area contributed by atoms with Gasteiger partial charge in [-0.3, -0.25) is 0 Å². The van der Waals surface area contributed by atoms with E-state index >= 15 is 0 Å². The zero-order chi connectivity index (χ0) is 10.7. The Bertz CT molecular complexity index is 438. The van der Waals surface area contributed by atoms with Crippen LogP contribution in [0.2, 0.25) is 0 Å². The summed E-state index contributed by atoms with van der Waals surface area (Å²) in [4.78, 5) is 7.01. The van der Waals surface area contributed by atoms with Gasteiger partial charge in [-0.1, -0.05) is 6.07 Å². The summed E-state index contributed by atoms with van der Waals surface area (Å²) >= 11 is 0. The molecule has 0 spiro atoms. The van der Waals surface area contributed by atoms with Gasteiger partial charge in [0.05, 0.1) is 32.4 Å². The first-order valence-electron chi connectivity index (χ1n) is 4.56. The maximum atomic E-state index is 5.32. The predicted octanol–water partition coefficient (Wildman–Crippen LogP) is 2.09. The van der Waals surface area contributed by atoms with Crippen molar-refractivity contribution in [2.45, 2.75) is 0 Å². The third-order valence-electron chi connectivity index (χ3n) is 2.19. The number of nitrogens with one attached hydrogen (secondary N) is 1. The summed E-state index contributed by atoms with van der Waals surface area (Å²) in [6.45, 7) is 0. The number of H-pyrrole nitrogens is 1. The maximum Gasteiger partial charge on any atom is 0.170 e. The Balaban J connectivity index is 2.56. The lowest BCUT2D eigenvalue weighted by molar-refractivity contribution is 0.356. The molecule has 0 aliphatic carbocycles. The van der Waals surface area contributed by atoms with E-state index in [2.05, 4.69) is 9.97 Å². The van der Waals surface area contributed by atoms with E-state index in [4.69, 9.17) is 9.47 Å². The van der Waals surface area contributed by atoms with Crippen LogP contribution in [0.3, 0.4) is 0 Å². The Morgan fingerprint density at radius 1 is 1.20 bits per heavy atom. The molecule has 78 valence electrons. The number of imidazole rings is 1. The highest BCUT2D eigenvalue weighted by Crippen LogP contribution is 2.36. The lowest BCUT2D eigenvalue weighted by Gasteiger charge is -2.10. The highest BCUT2D eigenvalue weighted by Gasteiger charge is 2.11. The third kappa shape index (κ3) is 1.66. The number of aromatic nitrogens is 2. The van der Waals surface area contributed by atoms with Crippen LogP contribution in [0.1, 0.15) is 0 Å². The number of ether oxygens (including phenoxy) is 2. The number of aromatic amines is 1. The first kappa shape index (κ1) is 9.58. The minimum atomic E-state index is 0.712. The molecule has 1 aromatic carbocycles. The fourth-order valence-electron chi connectivity index (χ4n) is 1.50. The second-order valence-electron chi connectivity index (χ2n) is 3.01. The molecule has 0 aliphatic rings. The standard InChI is InChI=1S/C11H12N2O2/c1-14-10-5-3-4-8(11(10)15-2)9-6-12-7-13-9/h3-7H,1-2H3,(H,12,13). The highest BCUT2D eigenvalue weighted by atomic mass is 16.5. The van der Waals surface area contributed by atoms with Crippen molar-refractivity contribution >= 4 is 0 Å². The van der Waals surface area contributed by atoms with Crippen molar-refractivity contribution in [3.05, 3.63) is 30.7 Å². The molecule has 4 heteroatoms. The van der Waals surface area contributed by atoms with Gasteiger partial charge in [-0.05, 0) is 12.1 Å². The van der Waals surface area contributed by atoms with Crippen LogP contribution in [0, 0.1) is 0 Å². The van der Waals surface area contributed by atoms with Gasteiger partial charge in [0.1, 0.15) is 0 Å². The van der Waals surface area contributed by atoms with E-state index in [0.717, 1.165) is 11.3 Å². The van der Waals surface area contributed by atoms with Crippen molar-refractivity contribution < 1.29 is 9.47 Å². The van der Waals surface area contributed by atoms with Crippen LogP contribution >= 0.6 is 0 Å². The van der Waals surface area contributed by atoms with Crippen molar-refractivity contribution in [1.82, 2.24) is 9.97 Å². The first-order chi connectivity index (χ1) is 7.36. The van der Waals surface area contributed by atoms with E-state index in [-0.39, 0.29) is 0 Å². The first-order valence-corrected chi connectivity index (χ1v) is 4.56. The molecule has 0 saturated heterocycles. The number of para-hydroxylation sites is 1. The summed E-state index contributed by atoms with van der Waals surface area (Å²) in [7, 11) is 3.24. The minimum Gasteiger partial charge on any atom is -0.493 e. The van der Waals surface area contributed by atoms with Crippen molar-refractivity contribution in [3.63, 3.8) is 0 Å². The Hall–Kier alpha value is -1.97. The van der Waals surface area contributed by atoms with Crippen LogP contribution < -0.4 is 9.47 Å². The third-order valence-corrected chi connectivity index (χ3v) is 2.19. The lowest BCUT2D eigenvalue weighted by Crippen LogP contribution is -1.93. The molecule has 1 heterocycles. The largest absolute Gasteiger partial charge is 0.493 e. The Kier molecular flexibility index (Phi) is 2.58. The molecule has 0 bridgehead atoms. The Labute approximate surface area is 87.9 Å². The predicted molar refractivity (Wildman–Crippen MR) is 57.1 cm³/mol. The smallest absolute Gasteiger partial charge is 0.170 e. The molecule has 4 nitrogen and oxygen atoms in total. The molecule has 1 aromatic heterocycles. The second-order valence-corrected chi connectivity index (χ2v) is 3.01. The molecule has 2 rings (SSSR count). The molecule has 1 N–H and O–H groups in total. The number of rotatable bonds is 3. The van der Waals surface area contributed by atoms with Crippen LogP contribution in [0.5, 0.6) is 11.5 Å². The zero-order valence-corrected chi connectivity index (χ0v) is 8.65. The number of benzene rings is 1. The number of hydrogen-bond acceptors (Lipinski definition) is 3. The maximum absolute atomic E-state index is 5.32. The molecule has 0 saturated carbocycles. The van der Waals surface area contributed by atoms with Crippen LogP contribution in [-0.2, 0) is 0 Å². The molecule has 0 radical (unpaired) electrons. The van der Waals surface area contributed by atoms with E-state index in [9.17, 15) is 0 Å². The van der Waals surface area contributed by atoms with Crippen molar-refractivity contribution in [2.24, 2.45) is 0 Å². The lowest BCUT2D eigenvalue weighted by atomic mass is 10.1. The van der Waals surface area contributed by atoms with Crippen molar-refractivity contribution in [1.29, 1.82) is 0 Å². The Morgan fingerprint density at radius 2 is 2.07 bits per heavy atom. The highest BCUT2D eigenvalue weighted by molar-refractivity contribution is 5.70. The van der Waals surface area contributed by atoms with E-state index in [1.165, 1.54) is 0 Å². The van der Waals surface area contributed by atoms with E-state index in [1.807, 2.05) is 18.2 Å². The van der Waals surface area contributed by atoms with E-state index in [1.54, 1.807) is 26.7 Å². The van der Waals surface area contributed by atoms with Gasteiger partial charge in [0.25, 0.3) is 0 Å². The number of nitrogens with zero attached hydrogens (tertiary/aromatic N) is 1. The van der Waals surface area contributed by atoms with Gasteiger partial charge >= 0.3 is 0 Å². The van der Waals surface area contributed by atoms with Crippen LogP contribution in [0.15, 0.2) is 30.7 Å². The molecule has 0 unspecified atom stereocenters. The monoisotopic (exact) mass is 204 g/mol. The SMILES string of the molecule is COc1cccc(-c2cnc[nH]2)c1OC. The quantitative estimate of drug-likeness (QED) is 0.832. The van der Waals surface area contributed by atoms with E-state index < -0.39 is 0 Å². The average molecular weight is 204 g/mol. The van der Waals surface area contributed by atoms with Crippen LogP contribution in [-0.4, -0.2) is 24.2 Å². The van der Waals surface area contributed by atoms with Gasteiger partial charge < -0.3 is 14.5 Å².